The Labute approximate surface area is 247 Å². The molecule has 2 aromatic heterocycles. The lowest BCUT2D eigenvalue weighted by Gasteiger charge is -2.25. The zero-order chi connectivity index (χ0) is 29.8. The van der Waals surface area contributed by atoms with Crippen LogP contribution in [0.1, 0.15) is 42.4 Å². The maximum atomic E-state index is 15.4. The second-order valence-corrected chi connectivity index (χ2v) is 14.5. The summed E-state index contributed by atoms with van der Waals surface area (Å²) in [7, 11) is 0.275. The Morgan fingerprint density at radius 3 is 2.60 bits per heavy atom. The van der Waals surface area contributed by atoms with Gasteiger partial charge in [0.05, 0.1) is 11.2 Å². The number of benzene rings is 2. The number of allylic oxidation sites excluding steroid dienone is 1. The number of halogens is 1. The lowest BCUT2D eigenvalue weighted by atomic mass is 9.90. The number of aromatic nitrogens is 2. The van der Waals surface area contributed by atoms with E-state index in [1.807, 2.05) is 12.1 Å². The standard InChI is InChI=1S/C30H32FN5O4S2/c1-35(2)42(39,40)27(28(37)32-16-24(17-5-4-6-17)33-21-8-9-21)29-34-26-23(31)14-20(15-25(26)41-29)18-7-10-22-19(13-18)11-12-36(3)30(22)38/h7,10-15,21,27,33H,4-6,8-9,16H2,1-3H3,(H,32,37). The van der Waals surface area contributed by atoms with E-state index in [9.17, 15) is 18.0 Å². The van der Waals surface area contributed by atoms with Gasteiger partial charge in [-0.05, 0) is 84.5 Å². The fourth-order valence-corrected chi connectivity index (χ4v) is 7.66. The quantitative estimate of drug-likeness (QED) is 0.294. The van der Waals surface area contributed by atoms with Crippen LogP contribution in [0.3, 0.4) is 0 Å². The van der Waals surface area contributed by atoms with Gasteiger partial charge in [0.2, 0.25) is 21.2 Å². The molecule has 2 heterocycles. The van der Waals surface area contributed by atoms with Crippen molar-refractivity contribution in [2.75, 3.05) is 20.6 Å². The number of hydrogen-bond acceptors (Lipinski definition) is 7. The van der Waals surface area contributed by atoms with Gasteiger partial charge in [-0.3, -0.25) is 9.59 Å². The SMILES string of the molecule is CN(C)S(=O)(=O)C(C(=O)NCC(NC1CC1)=C1CCC1)c1nc2c(F)cc(-c3ccc4c(=O)n(C)ccc4c3)cc2s1. The van der Waals surface area contributed by atoms with Gasteiger partial charge in [-0.15, -0.1) is 11.3 Å². The molecule has 0 saturated heterocycles. The summed E-state index contributed by atoms with van der Waals surface area (Å²) < 4.78 is 45.2. The van der Waals surface area contributed by atoms with E-state index in [-0.39, 0.29) is 22.6 Å². The molecule has 9 nitrogen and oxygen atoms in total. The summed E-state index contributed by atoms with van der Waals surface area (Å²) in [5.41, 5.74) is 3.36. The number of carbonyl (C=O) groups is 1. The number of amides is 1. The minimum Gasteiger partial charge on any atom is -0.384 e. The van der Waals surface area contributed by atoms with Crippen LogP contribution >= 0.6 is 11.3 Å². The van der Waals surface area contributed by atoms with E-state index >= 15 is 4.39 Å². The van der Waals surface area contributed by atoms with Crippen molar-refractivity contribution in [3.63, 3.8) is 0 Å². The second-order valence-electron chi connectivity index (χ2n) is 11.2. The van der Waals surface area contributed by atoms with Gasteiger partial charge in [-0.2, -0.15) is 0 Å². The summed E-state index contributed by atoms with van der Waals surface area (Å²) in [6, 6.07) is 10.6. The van der Waals surface area contributed by atoms with Gasteiger partial charge in [0.25, 0.3) is 5.56 Å². The molecule has 1 unspecified atom stereocenters. The number of pyridine rings is 1. The van der Waals surface area contributed by atoms with Crippen LogP contribution in [-0.2, 0) is 21.9 Å². The van der Waals surface area contributed by atoms with E-state index in [2.05, 4.69) is 15.6 Å². The van der Waals surface area contributed by atoms with Gasteiger partial charge < -0.3 is 15.2 Å². The molecule has 2 fully saturated rings. The average molecular weight is 610 g/mol. The Hall–Kier alpha value is -3.61. The van der Waals surface area contributed by atoms with Crippen molar-refractivity contribution >= 4 is 48.3 Å². The Morgan fingerprint density at radius 2 is 1.93 bits per heavy atom. The summed E-state index contributed by atoms with van der Waals surface area (Å²) in [6.07, 6.45) is 6.89. The Balaban J connectivity index is 1.34. The summed E-state index contributed by atoms with van der Waals surface area (Å²) in [5, 5.41) is 5.96. The number of aryl methyl sites for hydroxylation is 1. The van der Waals surface area contributed by atoms with Crippen LogP contribution < -0.4 is 16.2 Å². The van der Waals surface area contributed by atoms with Crippen molar-refractivity contribution in [3.05, 3.63) is 75.0 Å². The molecule has 2 aliphatic carbocycles. The van der Waals surface area contributed by atoms with E-state index in [0.717, 1.165) is 58.8 Å². The monoisotopic (exact) mass is 609 g/mol. The molecule has 0 radical (unpaired) electrons. The molecule has 6 rings (SSSR count). The topological polar surface area (TPSA) is 113 Å². The van der Waals surface area contributed by atoms with Gasteiger partial charge in [-0.25, -0.2) is 22.1 Å². The molecule has 1 amide bonds. The molecule has 2 aliphatic rings. The van der Waals surface area contributed by atoms with Crippen molar-refractivity contribution in [2.24, 2.45) is 7.05 Å². The molecule has 2 saturated carbocycles. The van der Waals surface area contributed by atoms with E-state index in [0.29, 0.717) is 27.3 Å². The molecule has 0 bridgehead atoms. The Kier molecular flexibility index (Phi) is 7.40. The van der Waals surface area contributed by atoms with Crippen LogP contribution in [0.15, 0.2) is 58.7 Å². The van der Waals surface area contributed by atoms with Gasteiger partial charge >= 0.3 is 0 Å². The molecule has 2 N–H and O–H groups in total. The smallest absolute Gasteiger partial charge is 0.258 e. The van der Waals surface area contributed by atoms with Gasteiger partial charge in [-0.1, -0.05) is 6.07 Å². The van der Waals surface area contributed by atoms with Crippen molar-refractivity contribution < 1.29 is 17.6 Å². The molecule has 2 aromatic carbocycles. The zero-order valence-corrected chi connectivity index (χ0v) is 25.2. The van der Waals surface area contributed by atoms with E-state index < -0.39 is 27.0 Å². The van der Waals surface area contributed by atoms with Crippen molar-refractivity contribution in [3.8, 4) is 11.1 Å². The second kappa shape index (κ2) is 10.9. The largest absolute Gasteiger partial charge is 0.384 e. The molecular weight excluding hydrogens is 577 g/mol. The first kappa shape index (κ1) is 28.5. The van der Waals surface area contributed by atoms with E-state index in [1.165, 1.54) is 30.3 Å². The maximum Gasteiger partial charge on any atom is 0.258 e. The van der Waals surface area contributed by atoms with Gasteiger partial charge in [0, 0.05) is 44.5 Å². The predicted molar refractivity (Wildman–Crippen MR) is 163 cm³/mol. The predicted octanol–water partition coefficient (Wildman–Crippen LogP) is 4.19. The van der Waals surface area contributed by atoms with Crippen LogP contribution in [0.25, 0.3) is 32.1 Å². The van der Waals surface area contributed by atoms with Crippen LogP contribution in [0, 0.1) is 5.82 Å². The number of nitrogens with zero attached hydrogens (tertiary/aromatic N) is 3. The molecule has 4 aromatic rings. The molecule has 42 heavy (non-hydrogen) atoms. The lowest BCUT2D eigenvalue weighted by molar-refractivity contribution is -0.120. The first-order valence-corrected chi connectivity index (χ1v) is 16.2. The fourth-order valence-electron chi connectivity index (χ4n) is 5.07. The van der Waals surface area contributed by atoms with Gasteiger partial charge in [0.1, 0.15) is 10.5 Å². The van der Waals surface area contributed by atoms with Crippen LogP contribution in [0.4, 0.5) is 4.39 Å². The highest BCUT2D eigenvalue weighted by molar-refractivity contribution is 7.90. The van der Waals surface area contributed by atoms with Crippen molar-refractivity contribution in [1.29, 1.82) is 0 Å². The highest BCUT2D eigenvalue weighted by Gasteiger charge is 2.39. The molecule has 12 heteroatoms. The lowest BCUT2D eigenvalue weighted by Crippen LogP contribution is -2.41. The fraction of sp³-hybridized carbons (Fsp3) is 0.367. The Morgan fingerprint density at radius 1 is 1.17 bits per heavy atom. The molecular formula is C30H32FN5O4S2. The summed E-state index contributed by atoms with van der Waals surface area (Å²) in [4.78, 5) is 30.3. The number of fused-ring (bicyclic) bond motifs is 2. The van der Waals surface area contributed by atoms with Crippen LogP contribution in [-0.4, -0.2) is 54.9 Å². The molecule has 0 aliphatic heterocycles. The van der Waals surface area contributed by atoms with Crippen LogP contribution in [0.2, 0.25) is 0 Å². The van der Waals surface area contributed by atoms with Gasteiger partial charge in [0.15, 0.2) is 5.82 Å². The van der Waals surface area contributed by atoms with Crippen LogP contribution in [0.5, 0.6) is 0 Å². The van der Waals surface area contributed by atoms with E-state index in [4.69, 9.17) is 0 Å². The number of rotatable bonds is 9. The third-order valence-electron chi connectivity index (χ3n) is 7.93. The summed E-state index contributed by atoms with van der Waals surface area (Å²) in [5.74, 6) is -1.32. The number of sulfonamides is 1. The zero-order valence-electron chi connectivity index (χ0n) is 23.6. The average Bonchev–Trinajstić information content (AvgIpc) is 3.64. The summed E-state index contributed by atoms with van der Waals surface area (Å²) in [6.45, 7) is 0.207. The highest BCUT2D eigenvalue weighted by atomic mass is 32.2. The van der Waals surface area contributed by atoms with Crippen molar-refractivity contribution in [1.82, 2.24) is 24.5 Å². The van der Waals surface area contributed by atoms with E-state index in [1.54, 1.807) is 31.4 Å². The maximum absolute atomic E-state index is 15.4. The van der Waals surface area contributed by atoms with Crippen molar-refractivity contribution in [2.45, 2.75) is 43.4 Å². The number of nitrogens with one attached hydrogen (secondary N) is 2. The first-order valence-electron chi connectivity index (χ1n) is 13.9. The number of hydrogen-bond donors (Lipinski definition) is 2. The highest BCUT2D eigenvalue weighted by Crippen LogP contribution is 2.36. The molecule has 0 spiro atoms. The Bertz CT molecular complexity index is 1920. The normalized spacial score (nSPS) is 16.1. The first-order chi connectivity index (χ1) is 20.0. The third kappa shape index (κ3) is 5.34. The molecule has 220 valence electrons. The number of thiazole rings is 1. The third-order valence-corrected chi connectivity index (χ3v) is 11.2. The molecule has 1 atom stereocenters. The minimum atomic E-state index is -4.14. The number of carbonyl (C=O) groups excluding carboxylic acids is 1. The minimum absolute atomic E-state index is 0.00209. The summed E-state index contributed by atoms with van der Waals surface area (Å²) >= 11 is 0.987.